The molecule has 3 heteroatoms. The summed E-state index contributed by atoms with van der Waals surface area (Å²) < 4.78 is 0. The standard InChI is InChI=1S/C28H44O3/c1-19-21(17-22(29)18-24(19)30)9-8-20-7-5-13-27(4)23(20)10-11-25(27)28(15-16-28)14-6-12-26(2,3)31/h8-9,22-25,29-31H,1,5-7,10-18H2,2-4H3/b20-8+,21-9-/t22?,23?,24-,25?,27-/m0/s1. The maximum atomic E-state index is 10.2. The largest absolute Gasteiger partial charge is 0.393 e. The molecule has 4 saturated carbocycles. The molecule has 0 spiro atoms. The second-order valence-corrected chi connectivity index (χ2v) is 12.1. The van der Waals surface area contributed by atoms with Gasteiger partial charge in [0.15, 0.2) is 0 Å². The van der Waals surface area contributed by atoms with Crippen molar-refractivity contribution in [3.63, 3.8) is 0 Å². The topological polar surface area (TPSA) is 60.7 Å². The second kappa shape index (κ2) is 8.47. The van der Waals surface area contributed by atoms with Gasteiger partial charge in [-0.1, -0.05) is 37.6 Å². The van der Waals surface area contributed by atoms with Crippen LogP contribution in [0.25, 0.3) is 0 Å². The third-order valence-electron chi connectivity index (χ3n) is 9.32. The molecule has 3 N–H and O–H groups in total. The van der Waals surface area contributed by atoms with E-state index in [0.29, 0.717) is 29.6 Å². The number of aliphatic hydroxyl groups excluding tert-OH is 2. The van der Waals surface area contributed by atoms with Crippen LogP contribution in [0.3, 0.4) is 0 Å². The molecule has 0 amide bonds. The molecule has 0 aliphatic heterocycles. The number of rotatable bonds is 6. The zero-order valence-electron chi connectivity index (χ0n) is 20.0. The van der Waals surface area contributed by atoms with Crippen molar-refractivity contribution in [1.82, 2.24) is 0 Å². The minimum Gasteiger partial charge on any atom is -0.393 e. The fourth-order valence-electron chi connectivity index (χ4n) is 7.52. The first kappa shape index (κ1) is 23.3. The Hall–Kier alpha value is -0.900. The minimum atomic E-state index is -0.612. The lowest BCUT2D eigenvalue weighted by atomic mass is 9.59. The van der Waals surface area contributed by atoms with Crippen LogP contribution in [0.5, 0.6) is 0 Å². The van der Waals surface area contributed by atoms with Crippen LogP contribution >= 0.6 is 0 Å². The first-order valence-electron chi connectivity index (χ1n) is 12.7. The van der Waals surface area contributed by atoms with Crippen LogP contribution < -0.4 is 0 Å². The van der Waals surface area contributed by atoms with Gasteiger partial charge in [0.05, 0.1) is 17.8 Å². The smallest absolute Gasteiger partial charge is 0.0811 e. The van der Waals surface area contributed by atoms with E-state index >= 15 is 0 Å². The van der Waals surface area contributed by atoms with Gasteiger partial charge in [0.1, 0.15) is 0 Å². The highest BCUT2D eigenvalue weighted by Crippen LogP contribution is 2.70. The highest BCUT2D eigenvalue weighted by atomic mass is 16.3. The third kappa shape index (κ3) is 4.75. The molecule has 5 atom stereocenters. The van der Waals surface area contributed by atoms with Crippen molar-refractivity contribution in [3.8, 4) is 0 Å². The summed E-state index contributed by atoms with van der Waals surface area (Å²) in [6, 6.07) is 0. The fourth-order valence-corrected chi connectivity index (χ4v) is 7.52. The maximum absolute atomic E-state index is 10.2. The molecule has 0 heterocycles. The van der Waals surface area contributed by atoms with Crippen LogP contribution in [-0.2, 0) is 0 Å². The first-order valence-corrected chi connectivity index (χ1v) is 12.7. The van der Waals surface area contributed by atoms with Gasteiger partial charge < -0.3 is 15.3 Å². The van der Waals surface area contributed by atoms with Gasteiger partial charge >= 0.3 is 0 Å². The predicted octanol–water partition coefficient (Wildman–Crippen LogP) is 5.85. The van der Waals surface area contributed by atoms with E-state index in [1.807, 2.05) is 13.8 Å². The summed E-state index contributed by atoms with van der Waals surface area (Å²) in [4.78, 5) is 0. The maximum Gasteiger partial charge on any atom is 0.0811 e. The molecular formula is C28H44O3. The summed E-state index contributed by atoms with van der Waals surface area (Å²) in [6.45, 7) is 10.5. The molecule has 3 nitrogen and oxygen atoms in total. The van der Waals surface area contributed by atoms with Crippen LogP contribution in [-0.4, -0.2) is 33.1 Å². The Labute approximate surface area is 189 Å². The molecule has 4 fully saturated rings. The van der Waals surface area contributed by atoms with Gasteiger partial charge in [-0.3, -0.25) is 0 Å². The molecule has 3 unspecified atom stereocenters. The molecule has 0 saturated heterocycles. The molecule has 0 bridgehead atoms. The summed E-state index contributed by atoms with van der Waals surface area (Å²) in [5.74, 6) is 1.48. The third-order valence-corrected chi connectivity index (χ3v) is 9.32. The van der Waals surface area contributed by atoms with Crippen molar-refractivity contribution in [2.75, 3.05) is 0 Å². The van der Waals surface area contributed by atoms with E-state index in [1.165, 1.54) is 51.4 Å². The number of aliphatic hydroxyl groups is 3. The minimum absolute atomic E-state index is 0.399. The number of hydrogen-bond acceptors (Lipinski definition) is 3. The van der Waals surface area contributed by atoms with Crippen LogP contribution in [0.1, 0.15) is 97.8 Å². The highest BCUT2D eigenvalue weighted by Gasteiger charge is 2.60. The normalized spacial score (nSPS) is 40.4. The number of fused-ring (bicyclic) bond motifs is 1. The van der Waals surface area contributed by atoms with E-state index in [-0.39, 0.29) is 0 Å². The summed E-state index contributed by atoms with van der Waals surface area (Å²) in [6.07, 6.45) is 16.9. The van der Waals surface area contributed by atoms with Gasteiger partial charge in [-0.25, -0.2) is 0 Å². The first-order chi connectivity index (χ1) is 14.5. The zero-order valence-corrected chi connectivity index (χ0v) is 20.0. The van der Waals surface area contributed by atoms with Gasteiger partial charge in [-0.05, 0) is 112 Å². The molecule has 0 aromatic rings. The van der Waals surface area contributed by atoms with Crippen LogP contribution in [0, 0.1) is 22.7 Å². The van der Waals surface area contributed by atoms with Crippen molar-refractivity contribution in [2.45, 2.75) is 116 Å². The molecule has 0 radical (unpaired) electrons. The molecule has 174 valence electrons. The lowest BCUT2D eigenvalue weighted by molar-refractivity contribution is 0.0521. The Morgan fingerprint density at radius 1 is 1.13 bits per heavy atom. The van der Waals surface area contributed by atoms with Crippen molar-refractivity contribution < 1.29 is 15.3 Å². The average Bonchev–Trinajstić information content (AvgIpc) is 3.35. The van der Waals surface area contributed by atoms with Crippen molar-refractivity contribution in [3.05, 3.63) is 35.5 Å². The monoisotopic (exact) mass is 428 g/mol. The van der Waals surface area contributed by atoms with Crippen molar-refractivity contribution >= 4 is 0 Å². The highest BCUT2D eigenvalue weighted by molar-refractivity contribution is 5.38. The lowest BCUT2D eigenvalue weighted by Gasteiger charge is -2.45. The van der Waals surface area contributed by atoms with E-state index in [4.69, 9.17) is 0 Å². The molecule has 4 aliphatic rings. The lowest BCUT2D eigenvalue weighted by Crippen LogP contribution is -2.37. The van der Waals surface area contributed by atoms with E-state index in [9.17, 15) is 15.3 Å². The Bertz CT molecular complexity index is 751. The van der Waals surface area contributed by atoms with Crippen molar-refractivity contribution in [2.24, 2.45) is 22.7 Å². The van der Waals surface area contributed by atoms with E-state index in [0.717, 1.165) is 29.9 Å². The number of hydrogen-bond donors (Lipinski definition) is 3. The van der Waals surface area contributed by atoms with Gasteiger partial charge in [0.2, 0.25) is 0 Å². The van der Waals surface area contributed by atoms with Crippen LogP contribution in [0.15, 0.2) is 35.5 Å². The Kier molecular flexibility index (Phi) is 6.35. The van der Waals surface area contributed by atoms with Gasteiger partial charge in [0, 0.05) is 6.42 Å². The summed E-state index contributed by atoms with van der Waals surface area (Å²) in [5, 5.41) is 30.4. The summed E-state index contributed by atoms with van der Waals surface area (Å²) >= 11 is 0. The summed E-state index contributed by atoms with van der Waals surface area (Å²) in [7, 11) is 0. The Balaban J connectivity index is 1.49. The van der Waals surface area contributed by atoms with E-state index in [1.54, 1.807) is 5.57 Å². The predicted molar refractivity (Wildman–Crippen MR) is 127 cm³/mol. The summed E-state index contributed by atoms with van der Waals surface area (Å²) in [5.41, 5.74) is 3.77. The van der Waals surface area contributed by atoms with Gasteiger partial charge in [-0.15, -0.1) is 0 Å². The van der Waals surface area contributed by atoms with Crippen LogP contribution in [0.4, 0.5) is 0 Å². The van der Waals surface area contributed by atoms with Crippen molar-refractivity contribution in [1.29, 1.82) is 0 Å². The average molecular weight is 429 g/mol. The Morgan fingerprint density at radius 2 is 1.87 bits per heavy atom. The number of allylic oxidation sites excluding steroid dienone is 3. The molecule has 4 rings (SSSR count). The van der Waals surface area contributed by atoms with Gasteiger partial charge in [0.25, 0.3) is 0 Å². The molecule has 0 aromatic heterocycles. The van der Waals surface area contributed by atoms with Crippen LogP contribution in [0.2, 0.25) is 0 Å². The molecular weight excluding hydrogens is 384 g/mol. The zero-order chi connectivity index (χ0) is 22.4. The second-order valence-electron chi connectivity index (χ2n) is 12.1. The quantitative estimate of drug-likeness (QED) is 0.497. The molecule has 0 aromatic carbocycles. The molecule has 4 aliphatic carbocycles. The van der Waals surface area contributed by atoms with E-state index < -0.39 is 17.8 Å². The molecule has 31 heavy (non-hydrogen) atoms. The Morgan fingerprint density at radius 3 is 2.55 bits per heavy atom. The SMILES string of the molecule is C=C1/C(=C\C=C2/CCC[C@@]3(C)C2CCC3C2(CCCC(C)(C)O)CC2)CC(O)C[C@@H]1O. The van der Waals surface area contributed by atoms with E-state index in [2.05, 4.69) is 25.7 Å². The fraction of sp³-hybridized carbons (Fsp3) is 0.786. The van der Waals surface area contributed by atoms with Gasteiger partial charge in [-0.2, -0.15) is 0 Å².